The highest BCUT2D eigenvalue weighted by Gasteiger charge is 2.26. The molecule has 16 heavy (non-hydrogen) atoms. The smallest absolute Gasteiger partial charge is 0.121 e. The van der Waals surface area contributed by atoms with E-state index in [0.29, 0.717) is 13.0 Å². The highest BCUT2D eigenvalue weighted by Crippen LogP contribution is 2.28. The standard InChI is InChI=1S/C13H21NO2/c1-5-13(15,9-14-3)11-6-7-12(16-4)10(2)8-11/h6-8,14-15H,5,9H2,1-4H3. The summed E-state index contributed by atoms with van der Waals surface area (Å²) in [5.41, 5.74) is 1.18. The van der Waals surface area contributed by atoms with Crippen molar-refractivity contribution >= 4 is 0 Å². The molecular formula is C13H21NO2. The van der Waals surface area contributed by atoms with Crippen LogP contribution in [0, 0.1) is 6.92 Å². The van der Waals surface area contributed by atoms with Gasteiger partial charge in [-0.3, -0.25) is 0 Å². The van der Waals surface area contributed by atoms with Crippen molar-refractivity contribution < 1.29 is 9.84 Å². The lowest BCUT2D eigenvalue weighted by Gasteiger charge is -2.27. The SMILES string of the molecule is CCC(O)(CNC)c1ccc(OC)c(C)c1. The fraction of sp³-hybridized carbons (Fsp3) is 0.538. The van der Waals surface area contributed by atoms with Crippen LogP contribution in [0.15, 0.2) is 18.2 Å². The molecule has 2 N–H and O–H groups in total. The normalized spacial score (nSPS) is 14.6. The Hall–Kier alpha value is -1.06. The Labute approximate surface area is 97.4 Å². The van der Waals surface area contributed by atoms with Gasteiger partial charge in [0.2, 0.25) is 0 Å². The second-order valence-electron chi connectivity index (χ2n) is 4.10. The third-order valence-corrected chi connectivity index (χ3v) is 2.99. The molecule has 1 rings (SSSR count). The first-order valence-corrected chi connectivity index (χ1v) is 5.59. The first-order chi connectivity index (χ1) is 7.57. The summed E-state index contributed by atoms with van der Waals surface area (Å²) in [5.74, 6) is 0.853. The molecule has 0 aromatic heterocycles. The first-order valence-electron chi connectivity index (χ1n) is 5.59. The number of aryl methyl sites for hydroxylation is 1. The molecule has 0 amide bonds. The molecule has 0 aliphatic heterocycles. The number of methoxy groups -OCH3 is 1. The number of benzene rings is 1. The third-order valence-electron chi connectivity index (χ3n) is 2.99. The largest absolute Gasteiger partial charge is 0.496 e. The molecule has 0 spiro atoms. The lowest BCUT2D eigenvalue weighted by molar-refractivity contribution is 0.0345. The Morgan fingerprint density at radius 2 is 2.12 bits per heavy atom. The van der Waals surface area contributed by atoms with E-state index in [-0.39, 0.29) is 0 Å². The van der Waals surface area contributed by atoms with Gasteiger partial charge in [0.1, 0.15) is 11.4 Å². The average Bonchev–Trinajstić information content (AvgIpc) is 2.29. The zero-order valence-electron chi connectivity index (χ0n) is 10.5. The van der Waals surface area contributed by atoms with E-state index in [1.165, 1.54) is 0 Å². The minimum absolute atomic E-state index is 0.551. The number of hydrogen-bond acceptors (Lipinski definition) is 3. The van der Waals surface area contributed by atoms with Crippen molar-refractivity contribution in [2.75, 3.05) is 20.7 Å². The van der Waals surface area contributed by atoms with E-state index in [1.54, 1.807) is 7.11 Å². The summed E-state index contributed by atoms with van der Waals surface area (Å²) in [7, 11) is 3.50. The van der Waals surface area contributed by atoms with Crippen molar-refractivity contribution in [3.8, 4) is 5.75 Å². The van der Waals surface area contributed by atoms with Gasteiger partial charge in [0.05, 0.1) is 7.11 Å². The zero-order valence-corrected chi connectivity index (χ0v) is 10.5. The van der Waals surface area contributed by atoms with Crippen molar-refractivity contribution in [2.24, 2.45) is 0 Å². The lowest BCUT2D eigenvalue weighted by atomic mass is 9.90. The van der Waals surface area contributed by atoms with Gasteiger partial charge in [0.15, 0.2) is 0 Å². The summed E-state index contributed by atoms with van der Waals surface area (Å²) >= 11 is 0. The van der Waals surface area contributed by atoms with Crippen molar-refractivity contribution in [2.45, 2.75) is 25.9 Å². The maximum atomic E-state index is 10.5. The van der Waals surface area contributed by atoms with E-state index in [4.69, 9.17) is 4.74 Å². The van der Waals surface area contributed by atoms with Gasteiger partial charge in [-0.15, -0.1) is 0 Å². The van der Waals surface area contributed by atoms with Crippen molar-refractivity contribution in [1.29, 1.82) is 0 Å². The number of rotatable bonds is 5. The van der Waals surface area contributed by atoms with Crippen molar-refractivity contribution in [1.82, 2.24) is 5.32 Å². The summed E-state index contributed by atoms with van der Waals surface area (Å²) in [6.07, 6.45) is 0.680. The van der Waals surface area contributed by atoms with E-state index >= 15 is 0 Å². The minimum Gasteiger partial charge on any atom is -0.496 e. The highest BCUT2D eigenvalue weighted by molar-refractivity contribution is 5.38. The molecular weight excluding hydrogens is 202 g/mol. The van der Waals surface area contributed by atoms with Gasteiger partial charge in [-0.2, -0.15) is 0 Å². The fourth-order valence-electron chi connectivity index (χ4n) is 1.89. The van der Waals surface area contributed by atoms with Gasteiger partial charge in [-0.25, -0.2) is 0 Å². The molecule has 0 aliphatic carbocycles. The Kier molecular flexibility index (Phi) is 4.33. The summed E-state index contributed by atoms with van der Waals surface area (Å²) in [6, 6.07) is 5.81. The van der Waals surface area contributed by atoms with E-state index < -0.39 is 5.60 Å². The van der Waals surface area contributed by atoms with Crippen LogP contribution in [0.3, 0.4) is 0 Å². The summed E-state index contributed by atoms with van der Waals surface area (Å²) < 4.78 is 5.21. The van der Waals surface area contributed by atoms with Crippen molar-refractivity contribution in [3.05, 3.63) is 29.3 Å². The molecule has 0 heterocycles. The molecule has 90 valence electrons. The molecule has 1 unspecified atom stereocenters. The van der Waals surface area contributed by atoms with Gasteiger partial charge in [-0.05, 0) is 43.7 Å². The Bertz CT molecular complexity index is 352. The Morgan fingerprint density at radius 3 is 2.56 bits per heavy atom. The number of hydrogen-bond donors (Lipinski definition) is 2. The van der Waals surface area contributed by atoms with E-state index in [2.05, 4.69) is 5.32 Å². The molecule has 1 aromatic rings. The van der Waals surface area contributed by atoms with Crippen LogP contribution in [-0.4, -0.2) is 25.8 Å². The topological polar surface area (TPSA) is 41.5 Å². The van der Waals surface area contributed by atoms with Crippen LogP contribution in [0.2, 0.25) is 0 Å². The second-order valence-corrected chi connectivity index (χ2v) is 4.10. The molecule has 3 nitrogen and oxygen atoms in total. The van der Waals surface area contributed by atoms with Crippen LogP contribution >= 0.6 is 0 Å². The maximum absolute atomic E-state index is 10.5. The lowest BCUT2D eigenvalue weighted by Crippen LogP contribution is -2.36. The third kappa shape index (κ3) is 2.54. The van der Waals surface area contributed by atoms with Crippen LogP contribution in [-0.2, 0) is 5.60 Å². The first kappa shape index (κ1) is 13.0. The maximum Gasteiger partial charge on any atom is 0.121 e. The average molecular weight is 223 g/mol. The van der Waals surface area contributed by atoms with Crippen LogP contribution in [0.4, 0.5) is 0 Å². The van der Waals surface area contributed by atoms with Gasteiger partial charge in [0.25, 0.3) is 0 Å². The predicted molar refractivity (Wildman–Crippen MR) is 65.8 cm³/mol. The molecule has 0 bridgehead atoms. The van der Waals surface area contributed by atoms with Crippen LogP contribution in [0.1, 0.15) is 24.5 Å². The van der Waals surface area contributed by atoms with Crippen LogP contribution in [0.5, 0.6) is 5.75 Å². The summed E-state index contributed by atoms with van der Waals surface area (Å²) in [5, 5.41) is 13.5. The molecule has 1 atom stereocenters. The zero-order chi connectivity index (χ0) is 12.2. The van der Waals surface area contributed by atoms with Gasteiger partial charge in [-0.1, -0.05) is 13.0 Å². The summed E-state index contributed by atoms with van der Waals surface area (Å²) in [6.45, 7) is 4.52. The molecule has 1 aromatic carbocycles. The molecule has 0 saturated heterocycles. The summed E-state index contributed by atoms with van der Waals surface area (Å²) in [4.78, 5) is 0. The number of aliphatic hydroxyl groups is 1. The minimum atomic E-state index is -0.800. The number of ether oxygens (including phenoxy) is 1. The van der Waals surface area contributed by atoms with E-state index in [9.17, 15) is 5.11 Å². The van der Waals surface area contributed by atoms with Crippen LogP contribution in [0.25, 0.3) is 0 Å². The highest BCUT2D eigenvalue weighted by atomic mass is 16.5. The quantitative estimate of drug-likeness (QED) is 0.800. The second kappa shape index (κ2) is 5.32. The van der Waals surface area contributed by atoms with Gasteiger partial charge < -0.3 is 15.2 Å². The molecule has 0 aliphatic rings. The monoisotopic (exact) mass is 223 g/mol. The Morgan fingerprint density at radius 1 is 1.44 bits per heavy atom. The van der Waals surface area contributed by atoms with Crippen LogP contribution < -0.4 is 10.1 Å². The van der Waals surface area contributed by atoms with E-state index in [1.807, 2.05) is 39.1 Å². The fourth-order valence-corrected chi connectivity index (χ4v) is 1.89. The Balaban J connectivity index is 3.07. The molecule has 3 heteroatoms. The van der Waals surface area contributed by atoms with Crippen molar-refractivity contribution in [3.63, 3.8) is 0 Å². The molecule has 0 fully saturated rings. The number of likely N-dealkylation sites (N-methyl/N-ethyl adjacent to an activating group) is 1. The van der Waals surface area contributed by atoms with E-state index in [0.717, 1.165) is 16.9 Å². The number of nitrogens with one attached hydrogen (secondary N) is 1. The molecule has 0 radical (unpaired) electrons. The predicted octanol–water partition coefficient (Wildman–Crippen LogP) is 1.82. The van der Waals surface area contributed by atoms with Gasteiger partial charge >= 0.3 is 0 Å². The van der Waals surface area contributed by atoms with Gasteiger partial charge in [0, 0.05) is 6.54 Å². The molecule has 0 saturated carbocycles.